The van der Waals surface area contributed by atoms with Gasteiger partial charge < -0.3 is 10.4 Å². The number of carbonyl (C=O) groups excluding carboxylic acids is 1. The van der Waals surface area contributed by atoms with E-state index in [2.05, 4.69) is 22.3 Å². The number of aromatic nitrogens is 3. The molecular weight excluding hydrogens is 256 g/mol. The molecule has 0 atom stereocenters. The largest absolute Gasteiger partial charge is 0.504 e. The van der Waals surface area contributed by atoms with E-state index in [1.165, 1.54) is 12.3 Å². The Bertz CT molecular complexity index is 634. The molecule has 6 heteroatoms. The van der Waals surface area contributed by atoms with E-state index in [0.29, 0.717) is 11.3 Å². The van der Waals surface area contributed by atoms with Crippen LogP contribution in [-0.4, -0.2) is 25.8 Å². The first-order chi connectivity index (χ1) is 9.54. The Morgan fingerprint density at radius 1 is 1.45 bits per heavy atom. The van der Waals surface area contributed by atoms with Crippen LogP contribution in [0, 0.1) is 13.8 Å². The molecule has 0 saturated carbocycles. The van der Waals surface area contributed by atoms with Gasteiger partial charge in [-0.2, -0.15) is 5.10 Å². The maximum atomic E-state index is 12.3. The van der Waals surface area contributed by atoms with Crippen molar-refractivity contribution in [2.24, 2.45) is 0 Å². The quantitative estimate of drug-likeness (QED) is 0.896. The lowest BCUT2D eigenvalue weighted by Crippen LogP contribution is -2.15. The normalized spacial score (nSPS) is 10.6. The average molecular weight is 274 g/mol. The van der Waals surface area contributed by atoms with Gasteiger partial charge in [-0.05, 0) is 32.4 Å². The van der Waals surface area contributed by atoms with Crippen molar-refractivity contribution in [3.05, 3.63) is 35.3 Å². The average Bonchev–Trinajstić information content (AvgIpc) is 2.68. The summed E-state index contributed by atoms with van der Waals surface area (Å²) in [6, 6.07) is 3.07. The summed E-state index contributed by atoms with van der Waals surface area (Å²) in [5.74, 6) is -0.215. The Kier molecular flexibility index (Phi) is 4.02. The van der Waals surface area contributed by atoms with Gasteiger partial charge in [0.2, 0.25) is 0 Å². The second-order valence-corrected chi connectivity index (χ2v) is 4.59. The van der Waals surface area contributed by atoms with Crippen molar-refractivity contribution < 1.29 is 9.90 Å². The topological polar surface area (TPSA) is 80.0 Å². The zero-order valence-electron chi connectivity index (χ0n) is 11.8. The molecular formula is C14H18N4O2. The number of carbonyl (C=O) groups is 1. The molecule has 0 spiro atoms. The molecule has 106 valence electrons. The zero-order valence-corrected chi connectivity index (χ0v) is 11.8. The highest BCUT2D eigenvalue weighted by atomic mass is 16.3. The fraction of sp³-hybridized carbons (Fsp3) is 0.357. The SMILES string of the molecule is CCCn1nc(C)c(C(=O)Nc2ncccc2O)c1C. The minimum atomic E-state index is -0.309. The summed E-state index contributed by atoms with van der Waals surface area (Å²) in [6.07, 6.45) is 2.46. The highest BCUT2D eigenvalue weighted by molar-refractivity contribution is 6.05. The van der Waals surface area contributed by atoms with Crippen LogP contribution in [0.25, 0.3) is 0 Å². The number of hydrogen-bond donors (Lipinski definition) is 2. The van der Waals surface area contributed by atoms with Crippen molar-refractivity contribution in [1.29, 1.82) is 0 Å². The lowest BCUT2D eigenvalue weighted by Gasteiger charge is -2.06. The zero-order chi connectivity index (χ0) is 14.7. The van der Waals surface area contributed by atoms with Crippen molar-refractivity contribution in [3.63, 3.8) is 0 Å². The summed E-state index contributed by atoms with van der Waals surface area (Å²) in [5.41, 5.74) is 2.02. The molecule has 0 aromatic carbocycles. The molecule has 0 aliphatic heterocycles. The molecule has 2 rings (SSSR count). The number of pyridine rings is 1. The fourth-order valence-corrected chi connectivity index (χ4v) is 2.12. The van der Waals surface area contributed by atoms with E-state index in [0.717, 1.165) is 18.7 Å². The molecule has 2 aromatic heterocycles. The van der Waals surface area contributed by atoms with Gasteiger partial charge in [-0.1, -0.05) is 6.92 Å². The van der Waals surface area contributed by atoms with Crippen molar-refractivity contribution in [1.82, 2.24) is 14.8 Å². The molecule has 20 heavy (non-hydrogen) atoms. The van der Waals surface area contributed by atoms with Crippen LogP contribution in [0.3, 0.4) is 0 Å². The Labute approximate surface area is 117 Å². The van der Waals surface area contributed by atoms with E-state index in [9.17, 15) is 9.90 Å². The van der Waals surface area contributed by atoms with E-state index in [1.54, 1.807) is 13.0 Å². The van der Waals surface area contributed by atoms with E-state index in [4.69, 9.17) is 0 Å². The molecule has 2 heterocycles. The molecule has 0 bridgehead atoms. The third kappa shape index (κ3) is 2.64. The predicted molar refractivity (Wildman–Crippen MR) is 75.8 cm³/mol. The minimum absolute atomic E-state index is 0.0582. The smallest absolute Gasteiger partial charge is 0.260 e. The number of nitrogens with zero attached hydrogens (tertiary/aromatic N) is 3. The number of aromatic hydroxyl groups is 1. The van der Waals surface area contributed by atoms with E-state index in [-0.39, 0.29) is 17.5 Å². The second kappa shape index (κ2) is 5.73. The van der Waals surface area contributed by atoms with Gasteiger partial charge in [0.25, 0.3) is 5.91 Å². The summed E-state index contributed by atoms with van der Waals surface area (Å²) in [5, 5.41) is 16.6. The van der Waals surface area contributed by atoms with Crippen LogP contribution < -0.4 is 5.32 Å². The minimum Gasteiger partial charge on any atom is -0.504 e. The first-order valence-electron chi connectivity index (χ1n) is 6.54. The molecule has 1 amide bonds. The lowest BCUT2D eigenvalue weighted by atomic mass is 10.2. The monoisotopic (exact) mass is 274 g/mol. The molecule has 0 unspecified atom stereocenters. The van der Waals surface area contributed by atoms with Gasteiger partial charge in [0.05, 0.1) is 11.3 Å². The van der Waals surface area contributed by atoms with Gasteiger partial charge in [0, 0.05) is 18.4 Å². The van der Waals surface area contributed by atoms with Crippen LogP contribution in [-0.2, 0) is 6.54 Å². The van der Waals surface area contributed by atoms with Gasteiger partial charge in [-0.25, -0.2) is 4.98 Å². The molecule has 6 nitrogen and oxygen atoms in total. The van der Waals surface area contributed by atoms with Crippen LogP contribution in [0.15, 0.2) is 18.3 Å². The second-order valence-electron chi connectivity index (χ2n) is 4.59. The maximum absolute atomic E-state index is 12.3. The van der Waals surface area contributed by atoms with Crippen LogP contribution >= 0.6 is 0 Å². The number of rotatable bonds is 4. The van der Waals surface area contributed by atoms with Crippen molar-refractivity contribution in [3.8, 4) is 5.75 Å². The van der Waals surface area contributed by atoms with Gasteiger partial charge in [0.15, 0.2) is 11.6 Å². The van der Waals surface area contributed by atoms with Crippen LogP contribution in [0.1, 0.15) is 35.1 Å². The summed E-state index contributed by atoms with van der Waals surface area (Å²) in [6.45, 7) is 6.49. The number of anilines is 1. The summed E-state index contributed by atoms with van der Waals surface area (Å²) in [7, 11) is 0. The van der Waals surface area contributed by atoms with E-state index >= 15 is 0 Å². The van der Waals surface area contributed by atoms with Gasteiger partial charge >= 0.3 is 0 Å². The molecule has 0 radical (unpaired) electrons. The summed E-state index contributed by atoms with van der Waals surface area (Å²) in [4.78, 5) is 16.2. The van der Waals surface area contributed by atoms with Crippen LogP contribution in [0.2, 0.25) is 0 Å². The fourth-order valence-electron chi connectivity index (χ4n) is 2.12. The third-order valence-electron chi connectivity index (χ3n) is 3.06. The Morgan fingerprint density at radius 2 is 2.20 bits per heavy atom. The van der Waals surface area contributed by atoms with Crippen LogP contribution in [0.4, 0.5) is 5.82 Å². The first-order valence-corrected chi connectivity index (χ1v) is 6.54. The molecule has 0 aliphatic carbocycles. The molecule has 0 aliphatic rings. The molecule has 0 saturated heterocycles. The summed E-state index contributed by atoms with van der Waals surface area (Å²) >= 11 is 0. The Hall–Kier alpha value is -2.37. The Balaban J connectivity index is 2.28. The molecule has 2 N–H and O–H groups in total. The van der Waals surface area contributed by atoms with Crippen LogP contribution in [0.5, 0.6) is 5.75 Å². The number of amides is 1. The number of hydrogen-bond acceptors (Lipinski definition) is 4. The lowest BCUT2D eigenvalue weighted by molar-refractivity contribution is 0.102. The number of aryl methyl sites for hydroxylation is 2. The van der Waals surface area contributed by atoms with Gasteiger partial charge in [-0.3, -0.25) is 9.48 Å². The molecule has 2 aromatic rings. The van der Waals surface area contributed by atoms with Gasteiger partial charge in [-0.15, -0.1) is 0 Å². The standard InChI is InChI=1S/C14H18N4O2/c1-4-8-18-10(3)12(9(2)17-18)14(20)16-13-11(19)6-5-7-15-13/h5-7,19H,4,8H2,1-3H3,(H,15,16,20). The predicted octanol–water partition coefficient (Wildman–Crippen LogP) is 2.26. The Morgan fingerprint density at radius 3 is 2.85 bits per heavy atom. The molecule has 0 fully saturated rings. The third-order valence-corrected chi connectivity index (χ3v) is 3.06. The van der Waals surface area contributed by atoms with Crippen molar-refractivity contribution in [2.75, 3.05) is 5.32 Å². The van der Waals surface area contributed by atoms with Gasteiger partial charge in [0.1, 0.15) is 0 Å². The van der Waals surface area contributed by atoms with Crippen molar-refractivity contribution >= 4 is 11.7 Å². The van der Waals surface area contributed by atoms with Crippen molar-refractivity contribution in [2.45, 2.75) is 33.7 Å². The first kappa shape index (κ1) is 14.0. The summed E-state index contributed by atoms with van der Waals surface area (Å²) < 4.78 is 1.82. The van der Waals surface area contributed by atoms with E-state index < -0.39 is 0 Å². The van der Waals surface area contributed by atoms with E-state index in [1.807, 2.05) is 11.6 Å². The highest BCUT2D eigenvalue weighted by Crippen LogP contribution is 2.21. The highest BCUT2D eigenvalue weighted by Gasteiger charge is 2.19. The maximum Gasteiger partial charge on any atom is 0.260 e. The number of nitrogens with one attached hydrogen (secondary N) is 1.